The van der Waals surface area contributed by atoms with Crippen molar-refractivity contribution >= 4 is 52.0 Å². The number of benzene rings is 2. The zero-order valence-corrected chi connectivity index (χ0v) is 18.2. The second kappa shape index (κ2) is 9.22. The fourth-order valence-corrected chi connectivity index (χ4v) is 4.22. The number of hydrogen-bond acceptors (Lipinski definition) is 4. The van der Waals surface area contributed by atoms with Crippen molar-refractivity contribution in [2.75, 3.05) is 11.9 Å². The average molecular weight is 481 g/mol. The number of anilines is 1. The van der Waals surface area contributed by atoms with Crippen LogP contribution in [0.3, 0.4) is 0 Å². The molecule has 4 rings (SSSR count). The van der Waals surface area contributed by atoms with Gasteiger partial charge in [-0.15, -0.1) is 0 Å². The summed E-state index contributed by atoms with van der Waals surface area (Å²) in [4.78, 5) is 25.8. The normalized spacial score (nSPS) is 17.2. The van der Waals surface area contributed by atoms with E-state index in [4.69, 9.17) is 27.9 Å². The first-order valence-electron chi connectivity index (χ1n) is 9.88. The van der Waals surface area contributed by atoms with Gasteiger partial charge in [0.15, 0.2) is 5.82 Å². The number of fused-ring (bicyclic) bond motifs is 1. The Balaban J connectivity index is 1.62. The lowest BCUT2D eigenvalue weighted by Gasteiger charge is -2.38. The number of amides is 2. The first kappa shape index (κ1) is 22.2. The van der Waals surface area contributed by atoms with Crippen molar-refractivity contribution in [3.63, 3.8) is 0 Å². The maximum absolute atomic E-state index is 14.2. The molecule has 1 fully saturated rings. The molecule has 0 bridgehead atoms. The Morgan fingerprint density at radius 3 is 2.81 bits per heavy atom. The zero-order valence-electron chi connectivity index (χ0n) is 16.6. The van der Waals surface area contributed by atoms with Crippen LogP contribution in [-0.2, 0) is 4.74 Å². The molecule has 8 nitrogen and oxygen atoms in total. The van der Waals surface area contributed by atoms with E-state index < -0.39 is 30.1 Å². The predicted molar refractivity (Wildman–Crippen MR) is 118 cm³/mol. The van der Waals surface area contributed by atoms with Gasteiger partial charge in [0.25, 0.3) is 0 Å². The highest BCUT2D eigenvalue weighted by Gasteiger charge is 2.36. The Kier molecular flexibility index (Phi) is 6.38. The van der Waals surface area contributed by atoms with Gasteiger partial charge in [0.2, 0.25) is 0 Å². The van der Waals surface area contributed by atoms with Crippen molar-refractivity contribution in [2.45, 2.75) is 31.4 Å². The minimum atomic E-state index is -1.10. The van der Waals surface area contributed by atoms with Gasteiger partial charge < -0.3 is 14.7 Å². The molecule has 168 valence electrons. The summed E-state index contributed by atoms with van der Waals surface area (Å²) < 4.78 is 19.9. The fraction of sp³-hybridized carbons (Fsp3) is 0.286. The standard InChI is InChI=1S/C21H19Cl2FN4O4/c22-14-5-4-11(8-15(14)23)19(17-3-1-2-6-28(17)21(30)31)32-20(29)26-13-7-12-10-25-27-18(12)16(24)9-13/h4-5,7-10,17,19H,1-3,6H2,(H,25,27)(H,26,29)(H,30,31)/t17?,19-/m0/s1. The van der Waals surface area contributed by atoms with Gasteiger partial charge in [0.05, 0.1) is 22.3 Å². The summed E-state index contributed by atoms with van der Waals surface area (Å²) in [6, 6.07) is 6.81. The number of carbonyl (C=O) groups excluding carboxylic acids is 1. The topological polar surface area (TPSA) is 108 Å². The average Bonchev–Trinajstić information content (AvgIpc) is 3.23. The number of rotatable bonds is 4. The van der Waals surface area contributed by atoms with Crippen LogP contribution in [0, 0.1) is 5.82 Å². The summed E-state index contributed by atoms with van der Waals surface area (Å²) in [7, 11) is 0. The van der Waals surface area contributed by atoms with Gasteiger partial charge in [-0.1, -0.05) is 29.3 Å². The number of nitrogens with one attached hydrogen (secondary N) is 2. The van der Waals surface area contributed by atoms with Crippen LogP contribution in [0.1, 0.15) is 30.9 Å². The third-order valence-electron chi connectivity index (χ3n) is 5.40. The number of nitrogens with zero attached hydrogens (tertiary/aromatic N) is 2. The van der Waals surface area contributed by atoms with Crippen LogP contribution < -0.4 is 5.32 Å². The molecule has 1 saturated heterocycles. The number of aromatic amines is 1. The molecule has 3 aromatic rings. The maximum atomic E-state index is 14.2. The molecule has 1 aromatic heterocycles. The van der Waals surface area contributed by atoms with Gasteiger partial charge >= 0.3 is 12.2 Å². The van der Waals surface area contributed by atoms with Gasteiger partial charge in [-0.2, -0.15) is 5.10 Å². The molecule has 2 aromatic carbocycles. The van der Waals surface area contributed by atoms with E-state index in [9.17, 15) is 19.1 Å². The summed E-state index contributed by atoms with van der Waals surface area (Å²) >= 11 is 12.2. The molecule has 0 saturated carbocycles. The number of hydrogen-bond donors (Lipinski definition) is 3. The van der Waals surface area contributed by atoms with E-state index in [1.807, 2.05) is 0 Å². The summed E-state index contributed by atoms with van der Waals surface area (Å²) in [5, 5.41) is 19.5. The molecule has 2 atom stereocenters. The second-order valence-electron chi connectivity index (χ2n) is 7.46. The van der Waals surface area contributed by atoms with Crippen LogP contribution in [0.4, 0.5) is 19.7 Å². The molecule has 3 N–H and O–H groups in total. The van der Waals surface area contributed by atoms with Crippen molar-refractivity contribution in [2.24, 2.45) is 0 Å². The Bertz CT molecular complexity index is 1170. The third kappa shape index (κ3) is 4.58. The summed E-state index contributed by atoms with van der Waals surface area (Å²) in [6.45, 7) is 0.325. The summed E-state index contributed by atoms with van der Waals surface area (Å²) in [5.74, 6) is -0.583. The summed E-state index contributed by atoms with van der Waals surface area (Å²) in [5.41, 5.74) is 0.897. The third-order valence-corrected chi connectivity index (χ3v) is 6.14. The molecule has 2 amide bonds. The van der Waals surface area contributed by atoms with Crippen LogP contribution in [-0.4, -0.2) is 45.0 Å². The quantitative estimate of drug-likeness (QED) is 0.435. The van der Waals surface area contributed by atoms with Crippen LogP contribution in [0.15, 0.2) is 36.5 Å². The monoisotopic (exact) mass is 480 g/mol. The van der Waals surface area contributed by atoms with Crippen molar-refractivity contribution < 1.29 is 23.8 Å². The van der Waals surface area contributed by atoms with E-state index in [1.165, 1.54) is 11.1 Å². The molecular formula is C21H19Cl2FN4O4. The lowest BCUT2D eigenvalue weighted by molar-refractivity contribution is 0.0178. The molecular weight excluding hydrogens is 462 g/mol. The minimum absolute atomic E-state index is 0.174. The Morgan fingerprint density at radius 2 is 2.06 bits per heavy atom. The number of ether oxygens (including phenoxy) is 1. The van der Waals surface area contributed by atoms with E-state index in [0.29, 0.717) is 35.4 Å². The molecule has 0 aliphatic carbocycles. The lowest BCUT2D eigenvalue weighted by Crippen LogP contribution is -2.47. The largest absolute Gasteiger partial charge is 0.465 e. The highest BCUT2D eigenvalue weighted by Crippen LogP contribution is 2.35. The number of piperidine rings is 1. The van der Waals surface area contributed by atoms with Gasteiger partial charge in [-0.05, 0) is 49.1 Å². The number of halogens is 3. The van der Waals surface area contributed by atoms with Gasteiger partial charge in [0, 0.05) is 17.6 Å². The molecule has 1 aliphatic rings. The Morgan fingerprint density at radius 1 is 1.25 bits per heavy atom. The first-order chi connectivity index (χ1) is 15.3. The van der Waals surface area contributed by atoms with E-state index in [1.54, 1.807) is 24.3 Å². The first-order valence-corrected chi connectivity index (χ1v) is 10.6. The van der Waals surface area contributed by atoms with Crippen molar-refractivity contribution in [3.05, 3.63) is 58.0 Å². The number of aromatic nitrogens is 2. The smallest absolute Gasteiger partial charge is 0.412 e. The van der Waals surface area contributed by atoms with Crippen LogP contribution in [0.5, 0.6) is 0 Å². The number of carboxylic acid groups (broad SMARTS) is 1. The van der Waals surface area contributed by atoms with Crippen molar-refractivity contribution in [1.29, 1.82) is 0 Å². The van der Waals surface area contributed by atoms with Gasteiger partial charge in [-0.25, -0.2) is 14.0 Å². The molecule has 0 spiro atoms. The molecule has 2 heterocycles. The number of carbonyl (C=O) groups is 2. The number of H-pyrrole nitrogens is 1. The molecule has 0 radical (unpaired) electrons. The van der Waals surface area contributed by atoms with Gasteiger partial charge in [0.1, 0.15) is 11.6 Å². The van der Waals surface area contributed by atoms with E-state index in [0.717, 1.165) is 12.5 Å². The summed E-state index contributed by atoms with van der Waals surface area (Å²) in [6.07, 6.45) is 0.520. The maximum Gasteiger partial charge on any atom is 0.412 e. The molecule has 1 aliphatic heterocycles. The SMILES string of the molecule is O=C(Nc1cc(F)c2[nH]ncc2c1)O[C@@H](c1ccc(Cl)c(Cl)c1)C1CCCCN1C(=O)O. The zero-order chi connectivity index (χ0) is 22.8. The Labute approximate surface area is 192 Å². The highest BCUT2D eigenvalue weighted by molar-refractivity contribution is 6.42. The lowest BCUT2D eigenvalue weighted by atomic mass is 9.93. The fourth-order valence-electron chi connectivity index (χ4n) is 3.92. The second-order valence-corrected chi connectivity index (χ2v) is 8.27. The van der Waals surface area contributed by atoms with E-state index in [2.05, 4.69) is 15.5 Å². The molecule has 11 heteroatoms. The van der Waals surface area contributed by atoms with Gasteiger partial charge in [-0.3, -0.25) is 10.4 Å². The molecule has 32 heavy (non-hydrogen) atoms. The number of likely N-dealkylation sites (tertiary alicyclic amines) is 1. The molecule has 1 unspecified atom stereocenters. The Hall–Kier alpha value is -3.04. The van der Waals surface area contributed by atoms with E-state index >= 15 is 0 Å². The van der Waals surface area contributed by atoms with Crippen LogP contribution in [0.2, 0.25) is 10.0 Å². The van der Waals surface area contributed by atoms with Crippen LogP contribution >= 0.6 is 23.2 Å². The predicted octanol–water partition coefficient (Wildman–Crippen LogP) is 5.83. The van der Waals surface area contributed by atoms with Crippen molar-refractivity contribution in [1.82, 2.24) is 15.1 Å². The van der Waals surface area contributed by atoms with Crippen LogP contribution in [0.25, 0.3) is 10.9 Å². The highest BCUT2D eigenvalue weighted by atomic mass is 35.5. The van der Waals surface area contributed by atoms with E-state index in [-0.39, 0.29) is 16.2 Å². The van der Waals surface area contributed by atoms with Crippen molar-refractivity contribution in [3.8, 4) is 0 Å². The minimum Gasteiger partial charge on any atom is -0.465 e.